The van der Waals surface area contributed by atoms with Gasteiger partial charge in [0.2, 0.25) is 0 Å². The molecule has 0 amide bonds. The molecule has 0 saturated heterocycles. The maximum absolute atomic E-state index is 12.5. The number of nitrogens with zero attached hydrogens (tertiary/aromatic N) is 2. The second-order valence-corrected chi connectivity index (χ2v) is 5.75. The Morgan fingerprint density at radius 2 is 2.21 bits per heavy atom. The van der Waals surface area contributed by atoms with E-state index in [1.54, 1.807) is 6.20 Å². The van der Waals surface area contributed by atoms with E-state index < -0.39 is 0 Å². The molecular weight excluding hydrogens is 301 g/mol. The average Bonchev–Trinajstić information content (AvgIpc) is 2.71. The van der Waals surface area contributed by atoms with E-state index in [4.69, 9.17) is 0 Å². The van der Waals surface area contributed by atoms with Crippen molar-refractivity contribution in [2.24, 2.45) is 4.99 Å². The van der Waals surface area contributed by atoms with E-state index in [0.29, 0.717) is 6.54 Å². The third kappa shape index (κ3) is 4.14. The molecular formula is C20H20FN3. The minimum atomic E-state index is -0.367. The monoisotopic (exact) mass is 321 g/mol. The van der Waals surface area contributed by atoms with Crippen LogP contribution >= 0.6 is 0 Å². The van der Waals surface area contributed by atoms with Gasteiger partial charge in [0.1, 0.15) is 12.5 Å². The molecule has 122 valence electrons. The first-order chi connectivity index (χ1) is 11.7. The third-order valence-corrected chi connectivity index (χ3v) is 3.93. The summed E-state index contributed by atoms with van der Waals surface area (Å²) in [7, 11) is 1.88. The van der Waals surface area contributed by atoms with Gasteiger partial charge in [0.15, 0.2) is 0 Å². The van der Waals surface area contributed by atoms with Crippen LogP contribution in [0, 0.1) is 11.8 Å². The molecule has 4 heteroatoms. The van der Waals surface area contributed by atoms with Crippen LogP contribution in [0.5, 0.6) is 0 Å². The van der Waals surface area contributed by atoms with E-state index in [0.717, 1.165) is 35.6 Å². The van der Waals surface area contributed by atoms with Crippen LogP contribution in [0.1, 0.15) is 18.4 Å². The normalized spacial score (nSPS) is 15.7. The highest BCUT2D eigenvalue weighted by Crippen LogP contribution is 2.17. The van der Waals surface area contributed by atoms with Crippen molar-refractivity contribution in [1.29, 1.82) is 0 Å². The number of amidine groups is 1. The number of halogens is 1. The van der Waals surface area contributed by atoms with Gasteiger partial charge < -0.3 is 10.2 Å². The Bertz CT molecular complexity index is 791. The van der Waals surface area contributed by atoms with E-state index in [9.17, 15) is 4.39 Å². The van der Waals surface area contributed by atoms with Crippen molar-refractivity contribution in [2.45, 2.75) is 12.8 Å². The number of hydrogen-bond donors (Lipinski definition) is 1. The van der Waals surface area contributed by atoms with Crippen molar-refractivity contribution in [2.75, 3.05) is 25.2 Å². The number of fused-ring (bicyclic) bond motifs is 3. The first-order valence-electron chi connectivity index (χ1n) is 8.05. The number of aliphatic imine (C=N–C) groups is 1. The van der Waals surface area contributed by atoms with Gasteiger partial charge in [0, 0.05) is 37.5 Å². The highest BCUT2D eigenvalue weighted by molar-refractivity contribution is 5.86. The average molecular weight is 321 g/mol. The van der Waals surface area contributed by atoms with Crippen molar-refractivity contribution in [3.8, 4) is 11.8 Å². The molecule has 0 atom stereocenters. The largest absolute Gasteiger partial charge is 0.372 e. The van der Waals surface area contributed by atoms with Crippen LogP contribution < -0.4 is 10.2 Å². The Morgan fingerprint density at radius 1 is 1.29 bits per heavy atom. The van der Waals surface area contributed by atoms with Crippen molar-refractivity contribution >= 4 is 11.5 Å². The molecule has 0 fully saturated rings. The van der Waals surface area contributed by atoms with Gasteiger partial charge in [0.25, 0.3) is 0 Å². The van der Waals surface area contributed by atoms with E-state index in [2.05, 4.69) is 34.3 Å². The summed E-state index contributed by atoms with van der Waals surface area (Å²) >= 11 is 0. The fraction of sp³-hybridized carbons (Fsp3) is 0.250. The molecule has 2 heterocycles. The lowest BCUT2D eigenvalue weighted by molar-refractivity contribution is 0.497. The number of hydrogen-bond acceptors (Lipinski definition) is 3. The first-order valence-corrected chi connectivity index (χ1v) is 8.05. The highest BCUT2D eigenvalue weighted by atomic mass is 19.1. The topological polar surface area (TPSA) is 27.6 Å². The molecule has 0 aromatic heterocycles. The van der Waals surface area contributed by atoms with Gasteiger partial charge >= 0.3 is 0 Å². The lowest BCUT2D eigenvalue weighted by Crippen LogP contribution is -2.20. The number of nitrogens with one attached hydrogen (secondary N) is 1. The predicted molar refractivity (Wildman–Crippen MR) is 97.7 cm³/mol. The molecule has 2 aliphatic heterocycles. The molecule has 1 aromatic carbocycles. The quantitative estimate of drug-likeness (QED) is 0.862. The smallest absolute Gasteiger partial charge is 0.107 e. The molecule has 0 spiro atoms. The van der Waals surface area contributed by atoms with Gasteiger partial charge in [-0.15, -0.1) is 0 Å². The lowest BCUT2D eigenvalue weighted by Gasteiger charge is -2.17. The zero-order chi connectivity index (χ0) is 16.8. The maximum Gasteiger partial charge on any atom is 0.107 e. The molecule has 24 heavy (non-hydrogen) atoms. The number of benzene rings is 1. The van der Waals surface area contributed by atoms with Crippen molar-refractivity contribution in [1.82, 2.24) is 5.32 Å². The van der Waals surface area contributed by atoms with Gasteiger partial charge in [-0.1, -0.05) is 18.1 Å². The van der Waals surface area contributed by atoms with Crippen LogP contribution in [0.2, 0.25) is 0 Å². The van der Waals surface area contributed by atoms with E-state index in [1.807, 2.05) is 42.3 Å². The zero-order valence-corrected chi connectivity index (χ0v) is 13.7. The Morgan fingerprint density at radius 3 is 3.08 bits per heavy atom. The van der Waals surface area contributed by atoms with Crippen molar-refractivity contribution in [3.05, 3.63) is 65.5 Å². The molecule has 1 N–H and O–H groups in total. The molecule has 2 aliphatic rings. The van der Waals surface area contributed by atoms with Gasteiger partial charge in [-0.25, -0.2) is 9.38 Å². The Hall–Kier alpha value is -2.80. The first kappa shape index (κ1) is 16.1. The van der Waals surface area contributed by atoms with Gasteiger partial charge in [-0.3, -0.25) is 0 Å². The zero-order valence-electron chi connectivity index (χ0n) is 13.7. The summed E-state index contributed by atoms with van der Waals surface area (Å²) in [5.74, 6) is 7.31. The summed E-state index contributed by atoms with van der Waals surface area (Å²) < 4.78 is 12.5. The van der Waals surface area contributed by atoms with Crippen LogP contribution in [-0.2, 0) is 0 Å². The molecule has 0 saturated carbocycles. The third-order valence-electron chi connectivity index (χ3n) is 3.93. The standard InChI is InChI=1S/C20H20FN3/c1-24(13-11-21)19-6-2-4-17(15-19)7-9-18-14-16-5-3-12-22-20(23-18)10-8-16/h2-6,12,14-15H,8,10-11,13H2,1H3,(H,22,23). The maximum atomic E-state index is 12.5. The fourth-order valence-electron chi connectivity index (χ4n) is 2.59. The molecule has 1 aromatic rings. The molecule has 3 rings (SSSR count). The van der Waals surface area contributed by atoms with E-state index >= 15 is 0 Å². The minimum Gasteiger partial charge on any atom is -0.372 e. The van der Waals surface area contributed by atoms with Crippen LogP contribution in [0.3, 0.4) is 0 Å². The van der Waals surface area contributed by atoms with Crippen molar-refractivity contribution in [3.63, 3.8) is 0 Å². The number of alkyl halides is 1. The summed E-state index contributed by atoms with van der Waals surface area (Å²) in [5, 5.41) is 3.30. The summed E-state index contributed by atoms with van der Waals surface area (Å²) in [4.78, 5) is 6.28. The van der Waals surface area contributed by atoms with Crippen molar-refractivity contribution < 1.29 is 4.39 Å². The summed E-state index contributed by atoms with van der Waals surface area (Å²) in [6.07, 6.45) is 9.75. The summed E-state index contributed by atoms with van der Waals surface area (Å²) in [6, 6.07) is 7.84. The van der Waals surface area contributed by atoms with E-state index in [-0.39, 0.29) is 6.67 Å². The van der Waals surface area contributed by atoms with Crippen LogP contribution in [0.15, 0.2) is 65.0 Å². The second kappa shape index (κ2) is 7.65. The molecule has 0 aliphatic carbocycles. The Kier molecular flexibility index (Phi) is 5.12. The van der Waals surface area contributed by atoms with Crippen LogP contribution in [0.4, 0.5) is 10.1 Å². The summed E-state index contributed by atoms with van der Waals surface area (Å²) in [5.41, 5.74) is 3.96. The highest BCUT2D eigenvalue weighted by Gasteiger charge is 2.09. The molecule has 3 nitrogen and oxygen atoms in total. The Balaban J connectivity index is 1.82. The van der Waals surface area contributed by atoms with Crippen LogP contribution in [0.25, 0.3) is 0 Å². The molecule has 0 unspecified atom stereocenters. The minimum absolute atomic E-state index is 0.367. The number of allylic oxidation sites excluding steroid dienone is 5. The number of rotatable bonds is 3. The number of anilines is 1. The molecule has 2 bridgehead atoms. The van der Waals surface area contributed by atoms with E-state index in [1.165, 1.54) is 5.57 Å². The van der Waals surface area contributed by atoms with Gasteiger partial charge in [-0.05, 0) is 48.3 Å². The van der Waals surface area contributed by atoms with Gasteiger partial charge in [-0.2, -0.15) is 0 Å². The summed E-state index contributed by atoms with van der Waals surface area (Å²) in [6.45, 7) is 0.0129. The van der Waals surface area contributed by atoms with Gasteiger partial charge in [0.05, 0.1) is 5.70 Å². The lowest BCUT2D eigenvalue weighted by atomic mass is 10.1. The van der Waals surface area contributed by atoms with Crippen LogP contribution in [-0.4, -0.2) is 26.1 Å². The molecule has 0 radical (unpaired) electrons. The fourth-order valence-corrected chi connectivity index (χ4v) is 2.59. The predicted octanol–water partition coefficient (Wildman–Crippen LogP) is 3.56. The second-order valence-electron chi connectivity index (χ2n) is 5.75. The Labute approximate surface area is 142 Å². The SMILES string of the molecule is CN(CCF)c1cccc(C#CC2=CC3=CC=CN=C(CC3)N2)c1.